The number of rotatable bonds is 3. The van der Waals surface area contributed by atoms with E-state index >= 15 is 0 Å². The van der Waals surface area contributed by atoms with Gasteiger partial charge in [0.25, 0.3) is 11.8 Å². The van der Waals surface area contributed by atoms with Gasteiger partial charge in [-0.2, -0.15) is 0 Å². The highest BCUT2D eigenvalue weighted by Crippen LogP contribution is 2.31. The summed E-state index contributed by atoms with van der Waals surface area (Å²) in [5, 5.41) is 1.08. The molecule has 2 aromatic carbocycles. The Morgan fingerprint density at radius 2 is 1.43 bits per heavy atom. The van der Waals surface area contributed by atoms with Gasteiger partial charge in [-0.15, -0.1) is 0 Å². The molecule has 0 aliphatic carbocycles. The van der Waals surface area contributed by atoms with Crippen LogP contribution in [0.5, 0.6) is 11.5 Å². The van der Waals surface area contributed by atoms with E-state index in [2.05, 4.69) is 5.43 Å². The van der Waals surface area contributed by atoms with E-state index in [0.717, 1.165) is 16.1 Å². The van der Waals surface area contributed by atoms with Crippen LogP contribution < -0.4 is 14.9 Å². The number of carbonyl (C=O) groups is 2. The molecule has 0 spiro atoms. The highest BCUT2D eigenvalue weighted by Gasteiger charge is 2.29. The first kappa shape index (κ1) is 19.9. The number of imide groups is 1. The van der Waals surface area contributed by atoms with Crippen molar-refractivity contribution < 1.29 is 19.1 Å². The predicted octanol–water partition coefficient (Wildman–Crippen LogP) is 3.66. The largest absolute Gasteiger partial charge is 0.486 e. The Labute approximate surface area is 165 Å². The zero-order valence-electron chi connectivity index (χ0n) is 17.0. The van der Waals surface area contributed by atoms with Crippen molar-refractivity contribution in [3.05, 3.63) is 58.7 Å². The second-order valence-corrected chi connectivity index (χ2v) is 8.04. The molecule has 0 radical (unpaired) electrons. The van der Waals surface area contributed by atoms with Gasteiger partial charge in [0.2, 0.25) is 0 Å². The smallest absolute Gasteiger partial charge is 0.275 e. The molecule has 6 heteroatoms. The number of hydrogen-bond acceptors (Lipinski definition) is 5. The number of nitrogens with zero attached hydrogens (tertiary/aromatic N) is 1. The molecule has 2 aromatic rings. The standard InChI is InChI=1S/C22H26N2O4/c1-14-10-15(2)12-17(11-14)21(26)24(23-22(3,4)5)20(25)16-6-7-18-19(13-16)28-9-8-27-18/h6-7,10-13,23H,8-9H2,1-5H3. The molecule has 28 heavy (non-hydrogen) atoms. The number of nitrogens with one attached hydrogen (secondary N) is 1. The van der Waals surface area contributed by atoms with Crippen LogP contribution in [-0.4, -0.2) is 35.6 Å². The molecule has 1 aliphatic rings. The van der Waals surface area contributed by atoms with Crippen molar-refractivity contribution >= 4 is 11.8 Å². The number of benzene rings is 2. The third-order valence-corrected chi connectivity index (χ3v) is 4.11. The van der Waals surface area contributed by atoms with Gasteiger partial charge in [-0.25, -0.2) is 10.4 Å². The van der Waals surface area contributed by atoms with Gasteiger partial charge >= 0.3 is 0 Å². The third kappa shape index (κ3) is 4.51. The fourth-order valence-corrected chi connectivity index (χ4v) is 3.06. The van der Waals surface area contributed by atoms with Crippen LogP contribution in [-0.2, 0) is 0 Å². The van der Waals surface area contributed by atoms with Crippen LogP contribution in [0.3, 0.4) is 0 Å². The number of aryl methyl sites for hydroxylation is 2. The maximum Gasteiger partial charge on any atom is 0.275 e. The average molecular weight is 382 g/mol. The Morgan fingerprint density at radius 3 is 2.04 bits per heavy atom. The van der Waals surface area contributed by atoms with E-state index in [1.54, 1.807) is 30.3 Å². The Bertz CT molecular complexity index is 895. The maximum atomic E-state index is 13.2. The average Bonchev–Trinajstić information content (AvgIpc) is 2.63. The Hall–Kier alpha value is -2.86. The molecule has 2 amide bonds. The van der Waals surface area contributed by atoms with Crippen molar-refractivity contribution in [3.8, 4) is 11.5 Å². The molecule has 148 valence electrons. The lowest BCUT2D eigenvalue weighted by Crippen LogP contribution is -2.54. The van der Waals surface area contributed by atoms with Crippen molar-refractivity contribution in [3.63, 3.8) is 0 Å². The first-order chi connectivity index (χ1) is 13.1. The minimum absolute atomic E-state index is 0.346. The van der Waals surface area contributed by atoms with Crippen LogP contribution in [0.15, 0.2) is 36.4 Å². The molecular formula is C22H26N2O4. The fraction of sp³-hybridized carbons (Fsp3) is 0.364. The second kappa shape index (κ2) is 7.64. The number of hydrogen-bond donors (Lipinski definition) is 1. The summed E-state index contributed by atoms with van der Waals surface area (Å²) in [5.74, 6) is 0.253. The van der Waals surface area contributed by atoms with Crippen LogP contribution in [0.2, 0.25) is 0 Å². The van der Waals surface area contributed by atoms with Gasteiger partial charge in [0.15, 0.2) is 11.5 Å². The summed E-state index contributed by atoms with van der Waals surface area (Å²) < 4.78 is 11.1. The molecule has 6 nitrogen and oxygen atoms in total. The van der Waals surface area contributed by atoms with Crippen LogP contribution >= 0.6 is 0 Å². The molecular weight excluding hydrogens is 356 g/mol. The van der Waals surface area contributed by atoms with E-state index in [9.17, 15) is 9.59 Å². The highest BCUT2D eigenvalue weighted by molar-refractivity contribution is 6.10. The lowest BCUT2D eigenvalue weighted by molar-refractivity contribution is 0.0451. The molecule has 0 saturated heterocycles. The molecule has 3 rings (SSSR count). The van der Waals surface area contributed by atoms with Crippen LogP contribution in [0.1, 0.15) is 52.6 Å². The van der Waals surface area contributed by atoms with Gasteiger partial charge in [-0.1, -0.05) is 17.2 Å². The lowest BCUT2D eigenvalue weighted by Gasteiger charge is -2.30. The molecule has 0 unspecified atom stereocenters. The van der Waals surface area contributed by atoms with Crippen LogP contribution in [0.25, 0.3) is 0 Å². The zero-order valence-corrected chi connectivity index (χ0v) is 17.0. The normalized spacial score (nSPS) is 13.2. The fourth-order valence-electron chi connectivity index (χ4n) is 3.06. The van der Waals surface area contributed by atoms with Crippen molar-refractivity contribution in [2.45, 2.75) is 40.2 Å². The Kier molecular flexibility index (Phi) is 5.42. The lowest BCUT2D eigenvalue weighted by atomic mass is 10.1. The summed E-state index contributed by atoms with van der Waals surface area (Å²) in [6.07, 6.45) is 0. The molecule has 0 fully saturated rings. The highest BCUT2D eigenvalue weighted by atomic mass is 16.6. The summed E-state index contributed by atoms with van der Waals surface area (Å²) >= 11 is 0. The molecule has 0 aromatic heterocycles. The SMILES string of the molecule is Cc1cc(C)cc(C(=O)N(NC(C)(C)C)C(=O)c2ccc3c(c2)OCCO3)c1. The Balaban J connectivity index is 1.97. The van der Waals surface area contributed by atoms with E-state index < -0.39 is 17.4 Å². The van der Waals surface area contributed by atoms with E-state index in [1.807, 2.05) is 40.7 Å². The van der Waals surface area contributed by atoms with Gasteiger partial charge in [-0.05, 0) is 65.0 Å². The minimum Gasteiger partial charge on any atom is -0.486 e. The van der Waals surface area contributed by atoms with Crippen molar-refractivity contribution in [1.29, 1.82) is 0 Å². The third-order valence-electron chi connectivity index (χ3n) is 4.11. The topological polar surface area (TPSA) is 67.9 Å². The summed E-state index contributed by atoms with van der Waals surface area (Å²) in [7, 11) is 0. The number of hydrazine groups is 1. The summed E-state index contributed by atoms with van der Waals surface area (Å²) in [4.78, 5) is 26.5. The Morgan fingerprint density at radius 1 is 0.857 bits per heavy atom. The van der Waals surface area contributed by atoms with Crippen molar-refractivity contribution in [2.75, 3.05) is 13.2 Å². The number of fused-ring (bicyclic) bond motifs is 1. The second-order valence-electron chi connectivity index (χ2n) is 8.04. The van der Waals surface area contributed by atoms with Gasteiger partial charge < -0.3 is 9.47 Å². The first-order valence-corrected chi connectivity index (χ1v) is 9.28. The van der Waals surface area contributed by atoms with Crippen LogP contribution in [0.4, 0.5) is 0 Å². The quantitative estimate of drug-likeness (QED) is 0.648. The number of ether oxygens (including phenoxy) is 2. The molecule has 0 bridgehead atoms. The maximum absolute atomic E-state index is 13.2. The van der Waals surface area contributed by atoms with E-state index in [-0.39, 0.29) is 0 Å². The molecule has 0 atom stereocenters. The number of carbonyl (C=O) groups excluding carboxylic acids is 2. The van der Waals surface area contributed by atoms with Crippen LogP contribution in [0, 0.1) is 13.8 Å². The molecule has 0 saturated carbocycles. The van der Waals surface area contributed by atoms with Gasteiger partial charge in [0.1, 0.15) is 13.2 Å². The molecule has 1 N–H and O–H groups in total. The monoisotopic (exact) mass is 382 g/mol. The summed E-state index contributed by atoms with van der Waals surface area (Å²) in [6.45, 7) is 10.4. The molecule has 1 aliphatic heterocycles. The van der Waals surface area contributed by atoms with Gasteiger partial charge in [0.05, 0.1) is 0 Å². The predicted molar refractivity (Wildman–Crippen MR) is 107 cm³/mol. The van der Waals surface area contributed by atoms with Crippen molar-refractivity contribution in [2.24, 2.45) is 0 Å². The number of amides is 2. The van der Waals surface area contributed by atoms with E-state index in [1.165, 1.54) is 0 Å². The summed E-state index contributed by atoms with van der Waals surface area (Å²) in [5.41, 5.74) is 5.28. The van der Waals surface area contributed by atoms with Crippen molar-refractivity contribution in [1.82, 2.24) is 10.4 Å². The summed E-state index contributed by atoms with van der Waals surface area (Å²) in [6, 6.07) is 10.5. The minimum atomic E-state index is -0.488. The van der Waals surface area contributed by atoms with Gasteiger partial charge in [-0.3, -0.25) is 9.59 Å². The van der Waals surface area contributed by atoms with Gasteiger partial charge in [0, 0.05) is 16.7 Å². The molecule has 1 heterocycles. The first-order valence-electron chi connectivity index (χ1n) is 9.28. The van der Waals surface area contributed by atoms with E-state index in [0.29, 0.717) is 35.8 Å². The van der Waals surface area contributed by atoms with E-state index in [4.69, 9.17) is 9.47 Å². The zero-order chi connectivity index (χ0) is 20.5.